The second kappa shape index (κ2) is 10.6. The topological polar surface area (TPSA) is 110 Å². The smallest absolute Gasteiger partial charge is 0.255 e. The molecule has 0 aliphatic carbocycles. The van der Waals surface area contributed by atoms with Gasteiger partial charge in [-0.25, -0.2) is 4.98 Å². The van der Waals surface area contributed by atoms with Gasteiger partial charge in [0.05, 0.1) is 11.6 Å². The van der Waals surface area contributed by atoms with E-state index in [4.69, 9.17) is 10.5 Å². The van der Waals surface area contributed by atoms with Gasteiger partial charge in [-0.2, -0.15) is 0 Å². The third kappa shape index (κ3) is 5.34. The van der Waals surface area contributed by atoms with Gasteiger partial charge >= 0.3 is 0 Å². The van der Waals surface area contributed by atoms with Crippen LogP contribution >= 0.6 is 15.9 Å². The second-order valence-electron chi connectivity index (χ2n) is 10.8. The van der Waals surface area contributed by atoms with Crippen molar-refractivity contribution in [3.63, 3.8) is 0 Å². The highest BCUT2D eigenvalue weighted by Gasteiger charge is 2.43. The zero-order valence-corrected chi connectivity index (χ0v) is 23.3. The van der Waals surface area contributed by atoms with Gasteiger partial charge in [-0.1, -0.05) is 6.07 Å². The maximum atomic E-state index is 12.9. The van der Waals surface area contributed by atoms with Gasteiger partial charge in [-0.15, -0.1) is 0 Å². The number of nitrogens with one attached hydrogen (secondary N) is 2. The lowest BCUT2D eigenvalue weighted by Crippen LogP contribution is -2.51. The summed E-state index contributed by atoms with van der Waals surface area (Å²) in [5.41, 5.74) is 10.1. The maximum absolute atomic E-state index is 12.9. The van der Waals surface area contributed by atoms with E-state index in [9.17, 15) is 9.59 Å². The van der Waals surface area contributed by atoms with Crippen LogP contribution in [0.25, 0.3) is 0 Å². The largest absolute Gasteiger partial charge is 0.491 e. The molecule has 9 heteroatoms. The van der Waals surface area contributed by atoms with Crippen LogP contribution in [0.2, 0.25) is 0 Å². The lowest BCUT2D eigenvalue weighted by atomic mass is 9.91. The van der Waals surface area contributed by atoms with Crippen molar-refractivity contribution < 1.29 is 14.3 Å². The van der Waals surface area contributed by atoms with Crippen LogP contribution in [0.15, 0.2) is 28.9 Å². The number of nitrogens with zero attached hydrogens (tertiary/aromatic N) is 2. The highest BCUT2D eigenvalue weighted by atomic mass is 79.9. The molecule has 2 amide bonds. The molecule has 4 N–H and O–H groups in total. The molecular formula is C28H36BrN5O3. The van der Waals surface area contributed by atoms with E-state index in [1.807, 2.05) is 0 Å². The number of rotatable bonds is 7. The molecular weight excluding hydrogens is 534 g/mol. The highest BCUT2D eigenvalue weighted by molar-refractivity contribution is 9.10. The Labute approximate surface area is 226 Å². The number of aromatic nitrogens is 1. The minimum absolute atomic E-state index is 0.0966. The molecule has 198 valence electrons. The molecule has 2 aromatic rings. The van der Waals surface area contributed by atoms with Crippen LogP contribution in [0.1, 0.15) is 78.5 Å². The predicted octanol–water partition coefficient (Wildman–Crippen LogP) is 4.19. The Morgan fingerprint density at radius 2 is 1.97 bits per heavy atom. The number of nitrogen functional groups attached to an aromatic ring is 1. The van der Waals surface area contributed by atoms with Crippen LogP contribution in [-0.4, -0.2) is 52.5 Å². The molecule has 3 aliphatic rings. The van der Waals surface area contributed by atoms with Gasteiger partial charge in [0.2, 0.25) is 5.91 Å². The van der Waals surface area contributed by atoms with E-state index in [1.54, 1.807) is 12.3 Å². The minimum Gasteiger partial charge on any atom is -0.491 e. The Balaban J connectivity index is 1.24. The third-order valence-corrected chi connectivity index (χ3v) is 8.89. The number of halogens is 1. The Bertz CT molecular complexity index is 1190. The zero-order valence-electron chi connectivity index (χ0n) is 21.7. The van der Waals surface area contributed by atoms with E-state index in [0.29, 0.717) is 30.7 Å². The van der Waals surface area contributed by atoms with Gasteiger partial charge in [0.25, 0.3) is 5.91 Å². The number of benzene rings is 1. The molecule has 3 saturated heterocycles. The Morgan fingerprint density at radius 3 is 2.65 bits per heavy atom. The van der Waals surface area contributed by atoms with Crippen molar-refractivity contribution in [2.75, 3.05) is 12.3 Å². The molecule has 5 rings (SSSR count). The molecule has 0 spiro atoms. The second-order valence-corrected chi connectivity index (χ2v) is 11.7. The molecule has 1 aromatic heterocycles. The van der Waals surface area contributed by atoms with Crippen LogP contribution in [-0.2, 0) is 4.79 Å². The van der Waals surface area contributed by atoms with E-state index in [2.05, 4.69) is 69.4 Å². The molecule has 8 nitrogen and oxygen atoms in total. The highest BCUT2D eigenvalue weighted by Crippen LogP contribution is 2.43. The SMILES string of the molecule is Cc1c(OC[C@H]2CCC(=O)N2)ccc(C(C)N2C3CCC2CC(NC(=O)c2cc(Br)cnc2N)C3)c1C. The number of pyridine rings is 1. The van der Waals surface area contributed by atoms with Crippen LogP contribution in [0, 0.1) is 13.8 Å². The molecule has 3 fully saturated rings. The normalized spacial score (nSPS) is 26.1. The maximum Gasteiger partial charge on any atom is 0.255 e. The van der Waals surface area contributed by atoms with Gasteiger partial charge in [0.1, 0.15) is 18.2 Å². The number of anilines is 1. The van der Waals surface area contributed by atoms with Crippen molar-refractivity contribution in [3.05, 3.63) is 51.1 Å². The van der Waals surface area contributed by atoms with Crippen molar-refractivity contribution in [1.29, 1.82) is 0 Å². The van der Waals surface area contributed by atoms with Gasteiger partial charge in [-0.05, 0) is 97.6 Å². The van der Waals surface area contributed by atoms with E-state index in [1.165, 1.54) is 11.1 Å². The zero-order chi connectivity index (χ0) is 26.3. The number of carbonyl (C=O) groups excluding carboxylic acids is 2. The molecule has 0 saturated carbocycles. The summed E-state index contributed by atoms with van der Waals surface area (Å²) >= 11 is 3.38. The summed E-state index contributed by atoms with van der Waals surface area (Å²) in [4.78, 5) is 31.2. The summed E-state index contributed by atoms with van der Waals surface area (Å²) in [7, 11) is 0. The average molecular weight is 571 g/mol. The standard InChI is InChI=1S/C28H36BrN5O3/c1-15-16(2)25(37-14-19-4-9-26(35)32-19)8-7-23(15)17(3)34-21-5-6-22(34)12-20(11-21)33-28(36)24-10-18(29)13-31-27(24)30/h7-8,10,13,17,19-22H,4-6,9,11-12,14H2,1-3H3,(H2,30,31)(H,32,35)(H,33,36)/t17?,19-,20?,21?,22?/m1/s1. The number of hydrogen-bond donors (Lipinski definition) is 3. The van der Waals surface area contributed by atoms with Crippen LogP contribution in [0.3, 0.4) is 0 Å². The molecule has 0 radical (unpaired) electrons. The fraction of sp³-hybridized carbons (Fsp3) is 0.536. The first-order valence-electron chi connectivity index (χ1n) is 13.2. The van der Waals surface area contributed by atoms with Crippen molar-refractivity contribution in [3.8, 4) is 5.75 Å². The summed E-state index contributed by atoms with van der Waals surface area (Å²) in [6.45, 7) is 7.10. The first-order valence-corrected chi connectivity index (χ1v) is 14.0. The first-order chi connectivity index (χ1) is 17.7. The number of fused-ring (bicyclic) bond motifs is 2. The van der Waals surface area contributed by atoms with Gasteiger partial charge < -0.3 is 21.1 Å². The monoisotopic (exact) mass is 569 g/mol. The van der Waals surface area contributed by atoms with Crippen molar-refractivity contribution in [1.82, 2.24) is 20.5 Å². The van der Waals surface area contributed by atoms with Gasteiger partial charge in [0.15, 0.2) is 0 Å². The Morgan fingerprint density at radius 1 is 1.24 bits per heavy atom. The van der Waals surface area contributed by atoms with Crippen molar-refractivity contribution in [2.45, 2.75) is 89.5 Å². The Kier molecular flexibility index (Phi) is 7.45. The Hall–Kier alpha value is -2.65. The molecule has 37 heavy (non-hydrogen) atoms. The number of hydrogen-bond acceptors (Lipinski definition) is 6. The first kappa shape index (κ1) is 26.0. The predicted molar refractivity (Wildman–Crippen MR) is 146 cm³/mol. The summed E-state index contributed by atoms with van der Waals surface area (Å²) in [5, 5.41) is 6.19. The van der Waals surface area contributed by atoms with Crippen molar-refractivity contribution in [2.24, 2.45) is 0 Å². The molecule has 4 heterocycles. The summed E-state index contributed by atoms with van der Waals surface area (Å²) in [5.74, 6) is 1.09. The van der Waals surface area contributed by atoms with Crippen LogP contribution in [0.4, 0.5) is 5.82 Å². The van der Waals surface area contributed by atoms with E-state index in [-0.39, 0.29) is 35.8 Å². The molecule has 4 atom stereocenters. The van der Waals surface area contributed by atoms with E-state index in [0.717, 1.165) is 47.9 Å². The van der Waals surface area contributed by atoms with Crippen LogP contribution < -0.4 is 21.1 Å². The van der Waals surface area contributed by atoms with Crippen molar-refractivity contribution >= 4 is 33.6 Å². The molecule has 1 aromatic carbocycles. The average Bonchev–Trinajstić information content (AvgIpc) is 3.40. The summed E-state index contributed by atoms with van der Waals surface area (Å²) in [6.07, 6.45) is 7.17. The molecule has 2 bridgehead atoms. The van der Waals surface area contributed by atoms with E-state index >= 15 is 0 Å². The van der Waals surface area contributed by atoms with Gasteiger partial charge in [0, 0.05) is 41.3 Å². The van der Waals surface area contributed by atoms with Gasteiger partial charge in [-0.3, -0.25) is 14.5 Å². The fourth-order valence-electron chi connectivity index (χ4n) is 6.44. The number of nitrogens with two attached hydrogens (primary N) is 1. The summed E-state index contributed by atoms with van der Waals surface area (Å²) in [6, 6.07) is 7.37. The number of amides is 2. The molecule has 3 aliphatic heterocycles. The van der Waals surface area contributed by atoms with Crippen LogP contribution in [0.5, 0.6) is 5.75 Å². The minimum atomic E-state index is -0.156. The summed E-state index contributed by atoms with van der Waals surface area (Å²) < 4.78 is 6.84. The molecule has 3 unspecified atom stereocenters. The number of ether oxygens (including phenoxy) is 1. The fourth-order valence-corrected chi connectivity index (χ4v) is 6.77. The number of piperidine rings is 1. The number of carbonyl (C=O) groups is 2. The third-order valence-electron chi connectivity index (χ3n) is 8.46. The van der Waals surface area contributed by atoms with E-state index < -0.39 is 0 Å². The lowest BCUT2D eigenvalue weighted by molar-refractivity contribution is -0.119. The lowest BCUT2D eigenvalue weighted by Gasteiger charge is -2.43. The quantitative estimate of drug-likeness (QED) is 0.461.